The number of aliphatic hydroxyl groups excluding tert-OH is 1. The predicted octanol–water partition coefficient (Wildman–Crippen LogP) is 4.53. The first-order valence-corrected chi connectivity index (χ1v) is 16.5. The van der Waals surface area contributed by atoms with E-state index in [4.69, 9.17) is 9.73 Å². The second kappa shape index (κ2) is 12.6. The molecule has 3 amide bonds. The molecule has 244 valence electrons. The van der Waals surface area contributed by atoms with Gasteiger partial charge in [0.2, 0.25) is 0 Å². The number of rotatable bonds is 6. The maximum absolute atomic E-state index is 13.7. The lowest BCUT2D eigenvalue weighted by Gasteiger charge is -2.35. The lowest BCUT2D eigenvalue weighted by molar-refractivity contribution is -0.123. The number of likely N-dealkylation sites (N-methyl/N-ethyl adjacent to an activating group) is 1. The van der Waals surface area contributed by atoms with E-state index < -0.39 is 6.04 Å². The van der Waals surface area contributed by atoms with Crippen LogP contribution in [0.1, 0.15) is 81.6 Å². The van der Waals surface area contributed by atoms with Gasteiger partial charge in [0.1, 0.15) is 0 Å². The summed E-state index contributed by atoms with van der Waals surface area (Å²) in [5, 5.41) is 13.8. The molecule has 0 aromatic heterocycles. The molecule has 3 unspecified atom stereocenters. The number of benzene rings is 3. The number of fused-ring (bicyclic) bond motifs is 1. The van der Waals surface area contributed by atoms with Gasteiger partial charge in [-0.2, -0.15) is 0 Å². The molecule has 3 aromatic carbocycles. The van der Waals surface area contributed by atoms with Crippen molar-refractivity contribution in [3.05, 3.63) is 94.0 Å². The molecular weight excluding hydrogens is 594 g/mol. The van der Waals surface area contributed by atoms with Crippen molar-refractivity contribution < 1.29 is 24.2 Å². The summed E-state index contributed by atoms with van der Waals surface area (Å²) in [5.41, 5.74) is 6.38. The van der Waals surface area contributed by atoms with E-state index in [9.17, 15) is 19.5 Å². The smallest absolute Gasteiger partial charge is 0.289 e. The van der Waals surface area contributed by atoms with Gasteiger partial charge in [-0.15, -0.1) is 0 Å². The van der Waals surface area contributed by atoms with Gasteiger partial charge >= 0.3 is 0 Å². The number of anilines is 2. The summed E-state index contributed by atoms with van der Waals surface area (Å²) in [5.74, 6) is 0.417. The number of nitrogens with zero attached hydrogens (tertiary/aromatic N) is 4. The van der Waals surface area contributed by atoms with Crippen molar-refractivity contribution in [2.24, 2.45) is 4.99 Å². The molecule has 4 aliphatic rings. The normalized spacial score (nSPS) is 23.0. The summed E-state index contributed by atoms with van der Waals surface area (Å²) in [6, 6.07) is 18.5. The minimum Gasteiger partial charge on any atom is -0.392 e. The van der Waals surface area contributed by atoms with Gasteiger partial charge in [-0.1, -0.05) is 24.3 Å². The van der Waals surface area contributed by atoms with E-state index in [0.717, 1.165) is 17.5 Å². The summed E-state index contributed by atoms with van der Waals surface area (Å²) in [4.78, 5) is 50.1. The average molecular weight is 636 g/mol. The van der Waals surface area contributed by atoms with Crippen molar-refractivity contribution in [1.29, 1.82) is 0 Å². The zero-order valence-electron chi connectivity index (χ0n) is 27.1. The minimum atomic E-state index is -0.457. The number of carbonyl (C=O) groups excluding carboxylic acids is 3. The number of hydrogen-bond donors (Lipinski definition) is 2. The van der Waals surface area contributed by atoms with Gasteiger partial charge in [-0.3, -0.25) is 19.4 Å². The fourth-order valence-corrected chi connectivity index (χ4v) is 7.13. The van der Waals surface area contributed by atoms with Crippen molar-refractivity contribution in [3.8, 4) is 0 Å². The Bertz CT molecular complexity index is 1740. The van der Waals surface area contributed by atoms with Crippen LogP contribution in [0.5, 0.6) is 0 Å². The van der Waals surface area contributed by atoms with Gasteiger partial charge in [0.05, 0.1) is 24.9 Å². The molecule has 1 saturated carbocycles. The molecule has 0 bridgehead atoms. The van der Waals surface area contributed by atoms with E-state index in [1.54, 1.807) is 41.1 Å². The third-order valence-electron chi connectivity index (χ3n) is 9.64. The number of aliphatic hydroxyl groups is 1. The Morgan fingerprint density at radius 1 is 0.979 bits per heavy atom. The Balaban J connectivity index is 1.12. The summed E-state index contributed by atoms with van der Waals surface area (Å²) in [6.45, 7) is 5.59. The first-order chi connectivity index (χ1) is 22.7. The summed E-state index contributed by atoms with van der Waals surface area (Å²) >= 11 is 0. The number of ether oxygens (including phenoxy) is 1. The highest BCUT2D eigenvalue weighted by atomic mass is 16.5. The zero-order valence-corrected chi connectivity index (χ0v) is 27.1. The van der Waals surface area contributed by atoms with Gasteiger partial charge in [-0.25, -0.2) is 0 Å². The van der Waals surface area contributed by atoms with E-state index in [2.05, 4.69) is 17.4 Å². The van der Waals surface area contributed by atoms with Crippen LogP contribution < -0.4 is 10.2 Å². The molecule has 0 spiro atoms. The molecule has 3 aliphatic heterocycles. The molecule has 3 heterocycles. The number of morpholine rings is 1. The first kappa shape index (κ1) is 31.1. The van der Waals surface area contributed by atoms with Crippen LogP contribution in [0, 0.1) is 0 Å². The van der Waals surface area contributed by atoms with Crippen LogP contribution in [0.3, 0.4) is 0 Å². The Hall–Kier alpha value is -4.54. The summed E-state index contributed by atoms with van der Waals surface area (Å²) < 4.78 is 5.76. The van der Waals surface area contributed by atoms with Crippen LogP contribution in [-0.4, -0.2) is 83.9 Å². The van der Waals surface area contributed by atoms with Crippen LogP contribution in [0.15, 0.2) is 65.7 Å². The third kappa shape index (κ3) is 6.15. The maximum atomic E-state index is 13.7. The number of aliphatic imine (C=N–C) groups is 1. The Morgan fingerprint density at radius 3 is 2.43 bits per heavy atom. The fraction of sp³-hybridized carbons (Fsp3) is 0.405. The lowest BCUT2D eigenvalue weighted by atomic mass is 9.93. The number of hydrogen-bond acceptors (Lipinski definition) is 7. The molecule has 2 N–H and O–H groups in total. The van der Waals surface area contributed by atoms with Gasteiger partial charge in [0.15, 0.2) is 5.84 Å². The van der Waals surface area contributed by atoms with Crippen molar-refractivity contribution in [3.63, 3.8) is 0 Å². The van der Waals surface area contributed by atoms with E-state index >= 15 is 0 Å². The van der Waals surface area contributed by atoms with E-state index in [1.807, 2.05) is 43.0 Å². The van der Waals surface area contributed by atoms with Crippen molar-refractivity contribution in [1.82, 2.24) is 9.80 Å². The van der Waals surface area contributed by atoms with Crippen LogP contribution in [-0.2, 0) is 22.6 Å². The first-order valence-electron chi connectivity index (χ1n) is 16.5. The third-order valence-corrected chi connectivity index (χ3v) is 9.64. The average Bonchev–Trinajstić information content (AvgIpc) is 3.92. The van der Waals surface area contributed by atoms with Gasteiger partial charge in [-0.05, 0) is 92.1 Å². The molecule has 47 heavy (non-hydrogen) atoms. The van der Waals surface area contributed by atoms with E-state index in [-0.39, 0.29) is 42.4 Å². The molecule has 1 aliphatic carbocycles. The van der Waals surface area contributed by atoms with E-state index in [0.29, 0.717) is 60.2 Å². The SMILES string of the molecule is CC1CN(C(=O)c2ccc(NC3=NC(c4cccc(N5CCc6cc(C7CC7)ccc6C5=O)c4CO)CN(C)C3=O)cc2)CC(C)O1. The van der Waals surface area contributed by atoms with Crippen LogP contribution in [0.25, 0.3) is 0 Å². The molecule has 3 aromatic rings. The van der Waals surface area contributed by atoms with Gasteiger partial charge < -0.3 is 29.9 Å². The fourth-order valence-electron chi connectivity index (χ4n) is 7.13. The Morgan fingerprint density at radius 2 is 1.72 bits per heavy atom. The summed E-state index contributed by atoms with van der Waals surface area (Å²) in [6.07, 6.45) is 3.14. The highest BCUT2D eigenvalue weighted by molar-refractivity contribution is 6.42. The molecular formula is C37H41N5O5. The lowest BCUT2D eigenvalue weighted by Crippen LogP contribution is -2.48. The molecule has 3 atom stereocenters. The quantitative estimate of drug-likeness (QED) is 0.412. The van der Waals surface area contributed by atoms with Crippen LogP contribution in [0.4, 0.5) is 11.4 Å². The molecule has 7 rings (SSSR count). The second-order valence-electron chi connectivity index (χ2n) is 13.2. The van der Waals surface area contributed by atoms with Crippen molar-refractivity contribution >= 4 is 34.9 Å². The highest BCUT2D eigenvalue weighted by Crippen LogP contribution is 2.41. The molecule has 10 heteroatoms. The van der Waals surface area contributed by atoms with Gasteiger partial charge in [0, 0.05) is 61.3 Å². The molecule has 0 radical (unpaired) electrons. The largest absolute Gasteiger partial charge is 0.392 e. The van der Waals surface area contributed by atoms with Crippen LogP contribution in [0.2, 0.25) is 0 Å². The monoisotopic (exact) mass is 635 g/mol. The molecule has 10 nitrogen and oxygen atoms in total. The Labute approximate surface area is 275 Å². The maximum Gasteiger partial charge on any atom is 0.289 e. The van der Waals surface area contributed by atoms with Crippen LogP contribution >= 0.6 is 0 Å². The standard InChI is InChI=1S/C37H41N5O5/c1-22-18-41(19-23(2)47-22)35(44)25-9-12-28(13-10-25)38-34-37(46)40(3)20-32(39-34)30-5-4-6-33(31(30)21-43)42-16-15-27-17-26(24-7-8-24)11-14-29(27)36(42)45/h4-6,9-14,17,22-24,32,43H,7-8,15-16,18-21H2,1-3H3,(H,38,39). The zero-order chi connectivity index (χ0) is 32.8. The highest BCUT2D eigenvalue weighted by Gasteiger charge is 2.33. The molecule has 2 fully saturated rings. The topological polar surface area (TPSA) is 115 Å². The van der Waals surface area contributed by atoms with Crippen molar-refractivity contribution in [2.45, 2.75) is 63.9 Å². The van der Waals surface area contributed by atoms with Gasteiger partial charge in [0.25, 0.3) is 17.7 Å². The number of nitrogens with one attached hydrogen (secondary N) is 1. The predicted molar refractivity (Wildman–Crippen MR) is 180 cm³/mol. The minimum absolute atomic E-state index is 0.0202. The second-order valence-corrected chi connectivity index (χ2v) is 13.2. The summed E-state index contributed by atoms with van der Waals surface area (Å²) in [7, 11) is 1.72. The van der Waals surface area contributed by atoms with E-state index in [1.165, 1.54) is 18.4 Å². The van der Waals surface area contributed by atoms with Crippen molar-refractivity contribution in [2.75, 3.05) is 43.4 Å². The molecule has 1 saturated heterocycles. The number of amidine groups is 1. The number of carbonyl (C=O) groups is 3. The number of amides is 3. The Kier molecular flexibility index (Phi) is 8.32.